The molecule has 29 heavy (non-hydrogen) atoms. The normalized spacial score (nSPS) is 10.4. The molecule has 2 aromatic heterocycles. The predicted octanol–water partition coefficient (Wildman–Crippen LogP) is 3.81. The van der Waals surface area contributed by atoms with Gasteiger partial charge in [-0.15, -0.1) is 21.5 Å². The number of rotatable bonds is 10. The Labute approximate surface area is 173 Å². The van der Waals surface area contributed by atoms with E-state index in [4.69, 9.17) is 14.2 Å². The van der Waals surface area contributed by atoms with Gasteiger partial charge in [0, 0.05) is 11.6 Å². The molecule has 0 aliphatic rings. The van der Waals surface area contributed by atoms with Crippen molar-refractivity contribution in [1.29, 1.82) is 0 Å². The van der Waals surface area contributed by atoms with Crippen molar-refractivity contribution in [3.63, 3.8) is 0 Å². The van der Waals surface area contributed by atoms with E-state index in [9.17, 15) is 4.79 Å². The van der Waals surface area contributed by atoms with Crippen LogP contribution >= 0.6 is 11.3 Å². The number of carbonyl (C=O) groups is 1. The zero-order valence-corrected chi connectivity index (χ0v) is 17.2. The Kier molecular flexibility index (Phi) is 7.40. The summed E-state index contributed by atoms with van der Waals surface area (Å²) < 4.78 is 16.6. The Morgan fingerprint density at radius 2 is 1.83 bits per heavy atom. The summed E-state index contributed by atoms with van der Waals surface area (Å²) in [5, 5.41) is 13.0. The first kappa shape index (κ1) is 20.6. The van der Waals surface area contributed by atoms with Gasteiger partial charge in [0.15, 0.2) is 11.5 Å². The molecule has 0 atom stereocenters. The van der Waals surface area contributed by atoms with Crippen molar-refractivity contribution in [2.75, 3.05) is 26.4 Å². The summed E-state index contributed by atoms with van der Waals surface area (Å²) in [6.07, 6.45) is 0. The average molecular weight is 413 g/mol. The van der Waals surface area contributed by atoms with Gasteiger partial charge in [-0.3, -0.25) is 4.79 Å². The lowest BCUT2D eigenvalue weighted by Crippen LogP contribution is -2.28. The third-order valence-electron chi connectivity index (χ3n) is 3.86. The molecule has 0 bridgehead atoms. The standard InChI is InChI=1S/C21H23N3O4S/c1-3-26-17-9-7-15(14-18(17)27-4-2)21(25)22-11-12-28-20-10-8-16(23-24-20)19-6-5-13-29-19/h5-10,13-14H,3-4,11-12H2,1-2H3,(H,22,25). The Balaban J connectivity index is 1.49. The molecule has 0 spiro atoms. The maximum absolute atomic E-state index is 12.4. The Morgan fingerprint density at radius 1 is 1.00 bits per heavy atom. The fourth-order valence-electron chi connectivity index (χ4n) is 2.57. The molecule has 8 heteroatoms. The van der Waals surface area contributed by atoms with Crippen molar-refractivity contribution in [3.8, 4) is 28.0 Å². The summed E-state index contributed by atoms with van der Waals surface area (Å²) in [6.45, 7) is 5.43. The third kappa shape index (κ3) is 5.68. The number of nitrogens with zero attached hydrogens (tertiary/aromatic N) is 2. The van der Waals surface area contributed by atoms with Gasteiger partial charge in [-0.1, -0.05) is 6.07 Å². The van der Waals surface area contributed by atoms with Gasteiger partial charge >= 0.3 is 0 Å². The quantitative estimate of drug-likeness (QED) is 0.509. The summed E-state index contributed by atoms with van der Waals surface area (Å²) >= 11 is 1.60. The van der Waals surface area contributed by atoms with Crippen LogP contribution in [0.5, 0.6) is 17.4 Å². The zero-order chi connectivity index (χ0) is 20.5. The van der Waals surface area contributed by atoms with E-state index in [0.717, 1.165) is 10.6 Å². The minimum Gasteiger partial charge on any atom is -0.490 e. The molecule has 0 saturated carbocycles. The van der Waals surface area contributed by atoms with E-state index in [2.05, 4.69) is 15.5 Å². The lowest BCUT2D eigenvalue weighted by Gasteiger charge is -2.12. The Hall–Kier alpha value is -3.13. The molecule has 3 rings (SSSR count). The molecule has 3 aromatic rings. The Morgan fingerprint density at radius 3 is 2.52 bits per heavy atom. The van der Waals surface area contributed by atoms with Crippen molar-refractivity contribution < 1.29 is 19.0 Å². The molecule has 0 fully saturated rings. The van der Waals surface area contributed by atoms with E-state index in [1.54, 1.807) is 35.6 Å². The molecular weight excluding hydrogens is 390 g/mol. The third-order valence-corrected chi connectivity index (χ3v) is 4.75. The van der Waals surface area contributed by atoms with Crippen LogP contribution in [-0.2, 0) is 0 Å². The number of hydrogen-bond acceptors (Lipinski definition) is 7. The van der Waals surface area contributed by atoms with Crippen molar-refractivity contribution in [2.24, 2.45) is 0 Å². The fourth-order valence-corrected chi connectivity index (χ4v) is 3.26. The van der Waals surface area contributed by atoms with Gasteiger partial charge in [-0.2, -0.15) is 0 Å². The summed E-state index contributed by atoms with van der Waals surface area (Å²) in [6, 6.07) is 12.7. The van der Waals surface area contributed by atoms with E-state index in [0.29, 0.717) is 42.7 Å². The second-order valence-corrected chi connectivity index (χ2v) is 6.81. The van der Waals surface area contributed by atoms with Crippen LogP contribution in [0.3, 0.4) is 0 Å². The molecular formula is C21H23N3O4S. The number of carbonyl (C=O) groups excluding carboxylic acids is 1. The predicted molar refractivity (Wildman–Crippen MR) is 112 cm³/mol. The van der Waals surface area contributed by atoms with Crippen LogP contribution in [0.2, 0.25) is 0 Å². The molecule has 0 aliphatic carbocycles. The number of thiophene rings is 1. The first-order valence-electron chi connectivity index (χ1n) is 9.39. The van der Waals surface area contributed by atoms with Crippen LogP contribution in [0, 0.1) is 0 Å². The molecule has 1 N–H and O–H groups in total. The highest BCUT2D eigenvalue weighted by Gasteiger charge is 2.11. The average Bonchev–Trinajstić information content (AvgIpc) is 3.28. The van der Waals surface area contributed by atoms with Crippen LogP contribution < -0.4 is 19.5 Å². The minimum absolute atomic E-state index is 0.211. The summed E-state index contributed by atoms with van der Waals surface area (Å²) in [5.74, 6) is 1.38. The number of amides is 1. The number of ether oxygens (including phenoxy) is 3. The molecule has 1 amide bonds. The largest absolute Gasteiger partial charge is 0.490 e. The number of benzene rings is 1. The highest BCUT2D eigenvalue weighted by Crippen LogP contribution is 2.28. The van der Waals surface area contributed by atoms with Gasteiger partial charge < -0.3 is 19.5 Å². The van der Waals surface area contributed by atoms with Crippen molar-refractivity contribution in [2.45, 2.75) is 13.8 Å². The van der Waals surface area contributed by atoms with E-state index in [1.165, 1.54) is 0 Å². The smallest absolute Gasteiger partial charge is 0.251 e. The van der Waals surface area contributed by atoms with E-state index >= 15 is 0 Å². The van der Waals surface area contributed by atoms with Gasteiger partial charge in [-0.05, 0) is 49.6 Å². The van der Waals surface area contributed by atoms with Gasteiger partial charge in [-0.25, -0.2) is 0 Å². The van der Waals surface area contributed by atoms with Crippen LogP contribution in [0.25, 0.3) is 10.6 Å². The van der Waals surface area contributed by atoms with Gasteiger partial charge in [0.25, 0.3) is 5.91 Å². The molecule has 0 radical (unpaired) electrons. The number of aromatic nitrogens is 2. The van der Waals surface area contributed by atoms with Crippen LogP contribution in [-0.4, -0.2) is 42.5 Å². The highest BCUT2D eigenvalue weighted by molar-refractivity contribution is 7.13. The SMILES string of the molecule is CCOc1ccc(C(=O)NCCOc2ccc(-c3cccs3)nn2)cc1OCC. The number of nitrogens with one attached hydrogen (secondary N) is 1. The lowest BCUT2D eigenvalue weighted by molar-refractivity contribution is 0.0946. The highest BCUT2D eigenvalue weighted by atomic mass is 32.1. The van der Waals surface area contributed by atoms with Gasteiger partial charge in [0.05, 0.1) is 24.6 Å². The molecule has 0 unspecified atom stereocenters. The van der Waals surface area contributed by atoms with Crippen molar-refractivity contribution in [1.82, 2.24) is 15.5 Å². The second-order valence-electron chi connectivity index (χ2n) is 5.87. The number of hydrogen-bond donors (Lipinski definition) is 1. The zero-order valence-electron chi connectivity index (χ0n) is 16.4. The van der Waals surface area contributed by atoms with Gasteiger partial charge in [0.2, 0.25) is 5.88 Å². The molecule has 0 saturated heterocycles. The molecule has 1 aromatic carbocycles. The molecule has 152 valence electrons. The second kappa shape index (κ2) is 10.4. The minimum atomic E-state index is -0.211. The summed E-state index contributed by atoms with van der Waals surface area (Å²) in [7, 11) is 0. The van der Waals surface area contributed by atoms with Crippen LogP contribution in [0.4, 0.5) is 0 Å². The molecule has 2 heterocycles. The van der Waals surface area contributed by atoms with Crippen molar-refractivity contribution >= 4 is 17.2 Å². The molecule has 0 aliphatic heterocycles. The summed E-state index contributed by atoms with van der Waals surface area (Å²) in [4.78, 5) is 13.4. The van der Waals surface area contributed by atoms with Gasteiger partial charge in [0.1, 0.15) is 12.3 Å². The van der Waals surface area contributed by atoms with E-state index in [1.807, 2.05) is 37.4 Å². The van der Waals surface area contributed by atoms with E-state index in [-0.39, 0.29) is 12.5 Å². The molecule has 7 nitrogen and oxygen atoms in total. The monoisotopic (exact) mass is 413 g/mol. The summed E-state index contributed by atoms with van der Waals surface area (Å²) in [5.41, 5.74) is 1.30. The maximum atomic E-state index is 12.4. The first-order chi connectivity index (χ1) is 14.2. The Bertz CT molecular complexity index is 914. The first-order valence-corrected chi connectivity index (χ1v) is 10.3. The van der Waals surface area contributed by atoms with Crippen LogP contribution in [0.15, 0.2) is 47.8 Å². The fraction of sp³-hybridized carbons (Fsp3) is 0.286. The lowest BCUT2D eigenvalue weighted by atomic mass is 10.2. The van der Waals surface area contributed by atoms with E-state index < -0.39 is 0 Å². The maximum Gasteiger partial charge on any atom is 0.251 e. The van der Waals surface area contributed by atoms with Crippen LogP contribution in [0.1, 0.15) is 24.2 Å². The topological polar surface area (TPSA) is 82.6 Å². The van der Waals surface area contributed by atoms with Crippen molar-refractivity contribution in [3.05, 3.63) is 53.4 Å².